The number of hydrogen-bond acceptors (Lipinski definition) is 6. The summed E-state index contributed by atoms with van der Waals surface area (Å²) in [6, 6.07) is 3.46. The van der Waals surface area contributed by atoms with Crippen LogP contribution in [0.1, 0.15) is 29.6 Å². The Bertz CT molecular complexity index is 802. The van der Waals surface area contributed by atoms with Crippen LogP contribution in [0.25, 0.3) is 0 Å². The maximum atomic E-state index is 13.8. The molecule has 8 heteroatoms. The third kappa shape index (κ3) is 3.84. The van der Waals surface area contributed by atoms with Crippen molar-refractivity contribution in [2.75, 3.05) is 49.1 Å². The fourth-order valence-corrected chi connectivity index (χ4v) is 3.66. The second kappa shape index (κ2) is 7.85. The SMILES string of the molecule is O=C(c1ccncc1F)N1CCN(c2cc(N3CCCCC3)ncn2)CC1. The number of hydrogen-bond donors (Lipinski definition) is 0. The van der Waals surface area contributed by atoms with Crippen molar-refractivity contribution in [3.05, 3.63) is 42.2 Å². The zero-order valence-corrected chi connectivity index (χ0v) is 15.2. The van der Waals surface area contributed by atoms with E-state index in [-0.39, 0.29) is 11.5 Å². The Balaban J connectivity index is 1.40. The summed E-state index contributed by atoms with van der Waals surface area (Å²) in [6.45, 7) is 4.46. The lowest BCUT2D eigenvalue weighted by atomic mass is 10.1. The average molecular weight is 370 g/mol. The molecule has 2 aliphatic rings. The quantitative estimate of drug-likeness (QED) is 0.823. The molecule has 0 aliphatic carbocycles. The van der Waals surface area contributed by atoms with E-state index < -0.39 is 5.82 Å². The summed E-state index contributed by atoms with van der Waals surface area (Å²) in [5, 5.41) is 0. The molecular weight excluding hydrogens is 347 g/mol. The fraction of sp³-hybridized carbons (Fsp3) is 0.474. The topological polar surface area (TPSA) is 65.5 Å². The number of amides is 1. The van der Waals surface area contributed by atoms with Crippen molar-refractivity contribution in [1.29, 1.82) is 0 Å². The number of piperidine rings is 1. The number of aromatic nitrogens is 3. The molecule has 0 unspecified atom stereocenters. The van der Waals surface area contributed by atoms with Gasteiger partial charge in [-0.1, -0.05) is 0 Å². The molecule has 7 nitrogen and oxygen atoms in total. The molecule has 0 bridgehead atoms. The first kappa shape index (κ1) is 17.6. The highest BCUT2D eigenvalue weighted by Crippen LogP contribution is 2.22. The van der Waals surface area contributed by atoms with Crippen molar-refractivity contribution in [2.45, 2.75) is 19.3 Å². The molecule has 142 valence electrons. The molecule has 2 saturated heterocycles. The lowest BCUT2D eigenvalue weighted by molar-refractivity contribution is 0.0741. The van der Waals surface area contributed by atoms with E-state index in [0.29, 0.717) is 26.2 Å². The molecule has 0 spiro atoms. The van der Waals surface area contributed by atoms with Gasteiger partial charge in [-0.25, -0.2) is 14.4 Å². The van der Waals surface area contributed by atoms with Crippen molar-refractivity contribution < 1.29 is 9.18 Å². The molecule has 0 aromatic carbocycles. The van der Waals surface area contributed by atoms with Gasteiger partial charge in [0.1, 0.15) is 18.0 Å². The smallest absolute Gasteiger partial charge is 0.257 e. The van der Waals surface area contributed by atoms with E-state index in [1.807, 2.05) is 6.07 Å². The first-order valence-corrected chi connectivity index (χ1v) is 9.43. The second-order valence-electron chi connectivity index (χ2n) is 6.92. The minimum Gasteiger partial charge on any atom is -0.356 e. The number of carbonyl (C=O) groups is 1. The van der Waals surface area contributed by atoms with Gasteiger partial charge in [0.25, 0.3) is 5.91 Å². The highest BCUT2D eigenvalue weighted by Gasteiger charge is 2.25. The summed E-state index contributed by atoms with van der Waals surface area (Å²) in [5.74, 6) is 0.989. The minimum atomic E-state index is -0.577. The summed E-state index contributed by atoms with van der Waals surface area (Å²) < 4.78 is 13.8. The molecule has 2 aromatic rings. The van der Waals surface area contributed by atoms with Crippen molar-refractivity contribution in [1.82, 2.24) is 19.9 Å². The number of anilines is 2. The standard InChI is InChI=1S/C19H23FN6O/c20-16-13-21-5-4-15(16)19(27)26-10-8-25(9-11-26)18-12-17(22-14-23-18)24-6-2-1-3-7-24/h4-5,12-14H,1-3,6-11H2. The Hall–Kier alpha value is -2.77. The van der Waals surface area contributed by atoms with Gasteiger partial charge in [-0.2, -0.15) is 0 Å². The number of piperazine rings is 1. The van der Waals surface area contributed by atoms with Gasteiger partial charge in [-0.3, -0.25) is 9.78 Å². The maximum absolute atomic E-state index is 13.8. The molecule has 2 fully saturated rings. The Labute approximate surface area is 157 Å². The number of halogens is 1. The number of nitrogens with zero attached hydrogens (tertiary/aromatic N) is 6. The van der Waals surface area contributed by atoms with Crippen LogP contribution in [0.2, 0.25) is 0 Å². The van der Waals surface area contributed by atoms with Crippen molar-refractivity contribution in [3.63, 3.8) is 0 Å². The van der Waals surface area contributed by atoms with Gasteiger partial charge in [-0.15, -0.1) is 0 Å². The Kier molecular flexibility index (Phi) is 5.13. The van der Waals surface area contributed by atoms with E-state index in [2.05, 4.69) is 24.8 Å². The molecule has 2 aromatic heterocycles. The van der Waals surface area contributed by atoms with E-state index in [4.69, 9.17) is 0 Å². The van der Waals surface area contributed by atoms with Crippen LogP contribution in [-0.2, 0) is 0 Å². The second-order valence-corrected chi connectivity index (χ2v) is 6.92. The van der Waals surface area contributed by atoms with Crippen LogP contribution < -0.4 is 9.80 Å². The van der Waals surface area contributed by atoms with Crippen LogP contribution in [0.15, 0.2) is 30.9 Å². The van der Waals surface area contributed by atoms with Crippen LogP contribution in [0, 0.1) is 5.82 Å². The summed E-state index contributed by atoms with van der Waals surface area (Å²) in [4.78, 5) is 31.2. The third-order valence-corrected chi connectivity index (χ3v) is 5.21. The number of carbonyl (C=O) groups excluding carboxylic acids is 1. The molecular formula is C19H23FN6O. The first-order chi connectivity index (χ1) is 13.2. The summed E-state index contributed by atoms with van der Waals surface area (Å²) >= 11 is 0. The molecule has 1 amide bonds. The molecule has 0 radical (unpaired) electrons. The highest BCUT2D eigenvalue weighted by atomic mass is 19.1. The van der Waals surface area contributed by atoms with E-state index in [0.717, 1.165) is 30.9 Å². The summed E-state index contributed by atoms with van der Waals surface area (Å²) in [7, 11) is 0. The highest BCUT2D eigenvalue weighted by molar-refractivity contribution is 5.94. The maximum Gasteiger partial charge on any atom is 0.257 e. The van der Waals surface area contributed by atoms with Gasteiger partial charge in [-0.05, 0) is 25.3 Å². The molecule has 2 aliphatic heterocycles. The van der Waals surface area contributed by atoms with Crippen LogP contribution in [-0.4, -0.2) is 65.0 Å². The van der Waals surface area contributed by atoms with Crippen LogP contribution in [0.3, 0.4) is 0 Å². The Morgan fingerprint density at radius 3 is 2.26 bits per heavy atom. The molecule has 4 rings (SSSR count). The molecule has 0 atom stereocenters. The monoisotopic (exact) mass is 370 g/mol. The molecule has 4 heterocycles. The fourth-order valence-electron chi connectivity index (χ4n) is 3.66. The first-order valence-electron chi connectivity index (χ1n) is 9.43. The van der Waals surface area contributed by atoms with Gasteiger partial charge in [0, 0.05) is 51.5 Å². The molecule has 0 N–H and O–H groups in total. The summed E-state index contributed by atoms with van der Waals surface area (Å²) in [5.41, 5.74) is 0.0767. The predicted molar refractivity (Wildman–Crippen MR) is 100 cm³/mol. The van der Waals surface area contributed by atoms with Crippen LogP contribution in [0.5, 0.6) is 0 Å². The van der Waals surface area contributed by atoms with E-state index >= 15 is 0 Å². The lowest BCUT2D eigenvalue weighted by Crippen LogP contribution is -2.49. The zero-order valence-electron chi connectivity index (χ0n) is 15.2. The lowest BCUT2D eigenvalue weighted by Gasteiger charge is -2.36. The van der Waals surface area contributed by atoms with Crippen LogP contribution in [0.4, 0.5) is 16.0 Å². The Morgan fingerprint density at radius 1 is 0.926 bits per heavy atom. The zero-order chi connectivity index (χ0) is 18.6. The average Bonchev–Trinajstić information content (AvgIpc) is 2.74. The molecule has 0 saturated carbocycles. The Morgan fingerprint density at radius 2 is 1.59 bits per heavy atom. The predicted octanol–water partition coefficient (Wildman–Crippen LogP) is 1.96. The van der Waals surface area contributed by atoms with E-state index in [1.165, 1.54) is 31.5 Å². The normalized spacial score (nSPS) is 17.9. The van der Waals surface area contributed by atoms with Gasteiger partial charge in [0.15, 0.2) is 5.82 Å². The van der Waals surface area contributed by atoms with Crippen LogP contribution >= 0.6 is 0 Å². The molecule has 27 heavy (non-hydrogen) atoms. The van der Waals surface area contributed by atoms with Crippen molar-refractivity contribution in [2.24, 2.45) is 0 Å². The van der Waals surface area contributed by atoms with Gasteiger partial charge in [0.05, 0.1) is 11.8 Å². The number of pyridine rings is 1. The van der Waals surface area contributed by atoms with Crippen molar-refractivity contribution in [3.8, 4) is 0 Å². The van der Waals surface area contributed by atoms with Gasteiger partial charge in [0.2, 0.25) is 0 Å². The van der Waals surface area contributed by atoms with E-state index in [1.54, 1.807) is 11.2 Å². The minimum absolute atomic E-state index is 0.0767. The van der Waals surface area contributed by atoms with Gasteiger partial charge < -0.3 is 14.7 Å². The third-order valence-electron chi connectivity index (χ3n) is 5.21. The van der Waals surface area contributed by atoms with E-state index in [9.17, 15) is 9.18 Å². The number of rotatable bonds is 3. The largest absolute Gasteiger partial charge is 0.356 e. The van der Waals surface area contributed by atoms with Gasteiger partial charge >= 0.3 is 0 Å². The summed E-state index contributed by atoms with van der Waals surface area (Å²) in [6.07, 6.45) is 7.81. The van der Waals surface area contributed by atoms with Crippen molar-refractivity contribution >= 4 is 17.5 Å².